The zero-order valence-corrected chi connectivity index (χ0v) is 18.2. The highest BCUT2D eigenvalue weighted by atomic mass is 16.5. The van der Waals surface area contributed by atoms with E-state index in [4.69, 9.17) is 14.2 Å². The van der Waals surface area contributed by atoms with E-state index >= 15 is 0 Å². The van der Waals surface area contributed by atoms with E-state index in [1.54, 1.807) is 0 Å². The van der Waals surface area contributed by atoms with Gasteiger partial charge < -0.3 is 23.7 Å². The zero-order chi connectivity index (χ0) is 21.4. The molecule has 0 saturated heterocycles. The van der Waals surface area contributed by atoms with Crippen LogP contribution in [0.1, 0.15) is 29.8 Å². The number of aryl methyl sites for hydroxylation is 1. The molecule has 6 nitrogen and oxygen atoms in total. The maximum Gasteiger partial charge on any atom is 0.196 e. The molecule has 1 aliphatic carbocycles. The van der Waals surface area contributed by atoms with Gasteiger partial charge in [-0.1, -0.05) is 0 Å². The quantitative estimate of drug-likeness (QED) is 0.439. The lowest BCUT2D eigenvalue weighted by Gasteiger charge is -2.14. The molecule has 1 aromatic heterocycles. The van der Waals surface area contributed by atoms with E-state index in [1.165, 1.54) is 0 Å². The normalized spacial score (nSPS) is 12.4. The van der Waals surface area contributed by atoms with Gasteiger partial charge in [0.05, 0.1) is 24.5 Å². The number of hydrogen-bond donors (Lipinski definition) is 0. The maximum absolute atomic E-state index is 13.4. The van der Waals surface area contributed by atoms with Gasteiger partial charge in [-0.05, 0) is 58.3 Å². The molecule has 3 aromatic rings. The van der Waals surface area contributed by atoms with Crippen LogP contribution in [0, 0.1) is 0 Å². The minimum atomic E-state index is 0.0139. The van der Waals surface area contributed by atoms with Crippen LogP contribution in [-0.4, -0.2) is 55.7 Å². The fourth-order valence-corrected chi connectivity index (χ4v) is 4.02. The number of carbonyl (C=O) groups excluding carboxylic acids is 1. The van der Waals surface area contributed by atoms with E-state index in [1.807, 2.05) is 65.3 Å². The van der Waals surface area contributed by atoms with Crippen molar-refractivity contribution in [1.29, 1.82) is 0 Å². The Labute approximate surface area is 176 Å². The molecule has 1 aliphatic rings. The number of nitrogens with zero attached hydrogens (tertiary/aromatic N) is 2. The molecule has 0 N–H and O–H groups in total. The second-order valence-corrected chi connectivity index (χ2v) is 7.65. The molecule has 0 fully saturated rings. The smallest absolute Gasteiger partial charge is 0.196 e. The van der Waals surface area contributed by atoms with Crippen LogP contribution in [0.2, 0.25) is 0 Å². The zero-order valence-electron chi connectivity index (χ0n) is 18.2. The third-order valence-corrected chi connectivity index (χ3v) is 5.39. The first-order chi connectivity index (χ1) is 14.5. The van der Waals surface area contributed by atoms with Crippen LogP contribution in [0.3, 0.4) is 0 Å². The molecule has 6 heteroatoms. The Morgan fingerprint density at radius 3 is 2.23 bits per heavy atom. The van der Waals surface area contributed by atoms with Gasteiger partial charge in [0.1, 0.15) is 12.4 Å². The molecule has 30 heavy (non-hydrogen) atoms. The van der Waals surface area contributed by atoms with Crippen LogP contribution in [0.4, 0.5) is 0 Å². The number of ketones is 1. The molecule has 1 heterocycles. The summed E-state index contributed by atoms with van der Waals surface area (Å²) in [5.41, 5.74) is 4.18. The molecule has 0 unspecified atom stereocenters. The Kier molecular flexibility index (Phi) is 5.43. The summed E-state index contributed by atoms with van der Waals surface area (Å²) in [6.07, 6.45) is 0. The highest BCUT2D eigenvalue weighted by Crippen LogP contribution is 2.46. The molecular weight excluding hydrogens is 380 g/mol. The summed E-state index contributed by atoms with van der Waals surface area (Å²) in [7, 11) is 6.02. The molecule has 158 valence electrons. The first kappa shape index (κ1) is 20.3. The average Bonchev–Trinajstić information content (AvgIpc) is 3.15. The lowest BCUT2D eigenvalue weighted by atomic mass is 10.1. The number of likely N-dealkylation sites (N-methyl/N-ethyl adjacent to an activating group) is 1. The van der Waals surface area contributed by atoms with Gasteiger partial charge in [0.2, 0.25) is 0 Å². The van der Waals surface area contributed by atoms with Crippen molar-refractivity contribution in [2.45, 2.75) is 13.8 Å². The van der Waals surface area contributed by atoms with Gasteiger partial charge >= 0.3 is 0 Å². The lowest BCUT2D eigenvalue weighted by molar-refractivity contribution is 0.104. The number of benzene rings is 2. The van der Waals surface area contributed by atoms with Gasteiger partial charge in [0.25, 0.3) is 0 Å². The topological polar surface area (TPSA) is 52.9 Å². The van der Waals surface area contributed by atoms with Crippen molar-refractivity contribution in [2.24, 2.45) is 7.05 Å². The summed E-state index contributed by atoms with van der Waals surface area (Å²) in [4.78, 5) is 15.5. The molecule has 2 aromatic carbocycles. The van der Waals surface area contributed by atoms with Gasteiger partial charge in [-0.25, -0.2) is 0 Å². The van der Waals surface area contributed by atoms with Crippen LogP contribution < -0.4 is 14.2 Å². The Morgan fingerprint density at radius 1 is 0.933 bits per heavy atom. The summed E-state index contributed by atoms with van der Waals surface area (Å²) >= 11 is 0. The lowest BCUT2D eigenvalue weighted by Crippen LogP contribution is -2.19. The number of ether oxygens (including phenoxy) is 3. The fourth-order valence-electron chi connectivity index (χ4n) is 4.02. The molecular formula is C24H28N2O4. The molecule has 0 spiro atoms. The van der Waals surface area contributed by atoms with E-state index in [0.29, 0.717) is 36.9 Å². The van der Waals surface area contributed by atoms with Crippen molar-refractivity contribution in [3.63, 3.8) is 0 Å². The highest BCUT2D eigenvalue weighted by Gasteiger charge is 2.34. The summed E-state index contributed by atoms with van der Waals surface area (Å²) in [5.74, 6) is 2.06. The highest BCUT2D eigenvalue weighted by molar-refractivity contribution is 6.28. The van der Waals surface area contributed by atoms with Crippen LogP contribution in [-0.2, 0) is 7.05 Å². The van der Waals surface area contributed by atoms with Crippen LogP contribution in [0.25, 0.3) is 22.2 Å². The van der Waals surface area contributed by atoms with Crippen LogP contribution >= 0.6 is 0 Å². The molecule has 0 amide bonds. The van der Waals surface area contributed by atoms with Crippen molar-refractivity contribution in [2.75, 3.05) is 40.5 Å². The summed E-state index contributed by atoms with van der Waals surface area (Å²) in [6.45, 7) is 6.32. The average molecular weight is 408 g/mol. The number of aromatic nitrogens is 1. The minimum absolute atomic E-state index is 0.0139. The predicted octanol–water partition coefficient (Wildman–Crippen LogP) is 4.13. The van der Waals surface area contributed by atoms with Crippen molar-refractivity contribution in [3.05, 3.63) is 41.5 Å². The Hall–Kier alpha value is -2.99. The Bertz CT molecular complexity index is 1110. The molecule has 0 radical (unpaired) electrons. The standard InChI is InChI=1S/C24H28N2O4/c1-6-28-20-13-16-17(14-21(20)29-7-2)24(27)22-18-12-15(30-11-10-25(3)4)8-9-19(18)26(5)23(16)22/h8-9,12-14H,6-7,10-11H2,1-5H3. The largest absolute Gasteiger partial charge is 0.492 e. The molecule has 0 atom stereocenters. The first-order valence-electron chi connectivity index (χ1n) is 10.3. The van der Waals surface area contributed by atoms with E-state index in [-0.39, 0.29) is 5.78 Å². The van der Waals surface area contributed by atoms with Crippen molar-refractivity contribution in [3.8, 4) is 28.5 Å². The van der Waals surface area contributed by atoms with E-state index in [0.717, 1.165) is 40.0 Å². The van der Waals surface area contributed by atoms with Gasteiger partial charge in [0.15, 0.2) is 17.3 Å². The number of hydrogen-bond acceptors (Lipinski definition) is 5. The van der Waals surface area contributed by atoms with Gasteiger partial charge in [-0.2, -0.15) is 0 Å². The number of rotatable bonds is 8. The predicted molar refractivity (Wildman–Crippen MR) is 118 cm³/mol. The third kappa shape index (κ3) is 3.31. The van der Waals surface area contributed by atoms with Crippen LogP contribution in [0.15, 0.2) is 30.3 Å². The molecule has 0 aliphatic heterocycles. The molecule has 4 rings (SSSR count). The second kappa shape index (κ2) is 8.03. The van der Waals surface area contributed by atoms with Crippen molar-refractivity contribution < 1.29 is 19.0 Å². The number of carbonyl (C=O) groups is 1. The van der Waals surface area contributed by atoms with E-state index < -0.39 is 0 Å². The number of fused-ring (bicyclic) bond motifs is 5. The molecule has 0 bridgehead atoms. The SMILES string of the molecule is CCOc1cc2c(cc1OCC)-c1c(c3cc(OCCN(C)C)ccc3n1C)C2=O. The Morgan fingerprint density at radius 2 is 1.60 bits per heavy atom. The van der Waals surface area contributed by atoms with Gasteiger partial charge in [0, 0.05) is 35.6 Å². The third-order valence-electron chi connectivity index (χ3n) is 5.39. The van der Waals surface area contributed by atoms with Crippen molar-refractivity contribution >= 4 is 16.7 Å². The second-order valence-electron chi connectivity index (χ2n) is 7.65. The fraction of sp³-hybridized carbons (Fsp3) is 0.375. The Balaban J connectivity index is 1.81. The van der Waals surface area contributed by atoms with E-state index in [2.05, 4.69) is 9.47 Å². The van der Waals surface area contributed by atoms with Gasteiger partial charge in [-0.15, -0.1) is 0 Å². The molecule has 0 saturated carbocycles. The first-order valence-corrected chi connectivity index (χ1v) is 10.3. The minimum Gasteiger partial charge on any atom is -0.492 e. The van der Waals surface area contributed by atoms with Crippen molar-refractivity contribution in [1.82, 2.24) is 9.47 Å². The summed E-state index contributed by atoms with van der Waals surface area (Å²) < 4.78 is 19.5. The maximum atomic E-state index is 13.4. The summed E-state index contributed by atoms with van der Waals surface area (Å²) in [5, 5.41) is 0.909. The van der Waals surface area contributed by atoms with Gasteiger partial charge in [-0.3, -0.25) is 4.79 Å². The summed E-state index contributed by atoms with van der Waals surface area (Å²) in [6, 6.07) is 9.70. The van der Waals surface area contributed by atoms with Crippen LogP contribution in [0.5, 0.6) is 17.2 Å². The van der Waals surface area contributed by atoms with E-state index in [9.17, 15) is 4.79 Å². The monoisotopic (exact) mass is 408 g/mol.